The Morgan fingerprint density at radius 1 is 1.31 bits per heavy atom. The summed E-state index contributed by atoms with van der Waals surface area (Å²) < 4.78 is 0. The smallest absolute Gasteiger partial charge is 0.193 e. The lowest BCUT2D eigenvalue weighted by molar-refractivity contribution is 0.476. The van der Waals surface area contributed by atoms with Gasteiger partial charge in [-0.05, 0) is 31.2 Å². The molecule has 0 saturated heterocycles. The SMILES string of the molecule is O=c1c2c([nH]c3ccc(O)cc13)CNCC2. The Kier molecular flexibility index (Phi) is 1.97. The Bertz CT molecular complexity index is 616. The van der Waals surface area contributed by atoms with Gasteiger partial charge < -0.3 is 15.4 Å². The summed E-state index contributed by atoms with van der Waals surface area (Å²) in [4.78, 5) is 15.4. The minimum atomic E-state index is 0.0427. The molecule has 1 aliphatic rings. The number of H-pyrrole nitrogens is 1. The van der Waals surface area contributed by atoms with Crippen LogP contribution in [0.15, 0.2) is 23.0 Å². The number of phenolic OH excluding ortho intramolecular Hbond substituents is 1. The molecule has 0 saturated carbocycles. The highest BCUT2D eigenvalue weighted by molar-refractivity contribution is 5.81. The Morgan fingerprint density at radius 2 is 2.19 bits per heavy atom. The number of hydrogen-bond donors (Lipinski definition) is 3. The van der Waals surface area contributed by atoms with Crippen LogP contribution in [0.1, 0.15) is 11.3 Å². The van der Waals surface area contributed by atoms with Crippen LogP contribution in [-0.2, 0) is 13.0 Å². The van der Waals surface area contributed by atoms with E-state index in [2.05, 4.69) is 10.3 Å². The van der Waals surface area contributed by atoms with Gasteiger partial charge in [0.15, 0.2) is 5.43 Å². The van der Waals surface area contributed by atoms with Crippen molar-refractivity contribution in [3.63, 3.8) is 0 Å². The normalized spacial score (nSPS) is 15.0. The van der Waals surface area contributed by atoms with Crippen LogP contribution < -0.4 is 10.7 Å². The first kappa shape index (κ1) is 9.42. The standard InChI is InChI=1S/C12H12N2O2/c15-7-1-2-10-9(5-7)12(16)8-3-4-13-6-11(8)14-10/h1-2,5,13,15H,3-4,6H2,(H,14,16). The van der Waals surface area contributed by atoms with Crippen LogP contribution in [0.25, 0.3) is 10.9 Å². The summed E-state index contributed by atoms with van der Waals surface area (Å²) in [6, 6.07) is 4.85. The van der Waals surface area contributed by atoms with Gasteiger partial charge in [0, 0.05) is 28.7 Å². The van der Waals surface area contributed by atoms with Crippen molar-refractivity contribution in [3.05, 3.63) is 39.7 Å². The molecule has 0 spiro atoms. The molecule has 0 aliphatic carbocycles. The fourth-order valence-electron chi connectivity index (χ4n) is 2.21. The molecule has 2 aromatic rings. The fourth-order valence-corrected chi connectivity index (χ4v) is 2.21. The molecule has 3 N–H and O–H groups in total. The number of aromatic amines is 1. The highest BCUT2D eigenvalue weighted by atomic mass is 16.3. The number of benzene rings is 1. The van der Waals surface area contributed by atoms with E-state index in [9.17, 15) is 9.90 Å². The molecular formula is C12H12N2O2. The molecule has 1 aliphatic heterocycles. The highest BCUT2D eigenvalue weighted by Gasteiger charge is 2.15. The fraction of sp³-hybridized carbons (Fsp3) is 0.250. The van der Waals surface area contributed by atoms with Gasteiger partial charge in [-0.3, -0.25) is 4.79 Å². The zero-order valence-corrected chi connectivity index (χ0v) is 8.71. The maximum absolute atomic E-state index is 12.2. The van der Waals surface area contributed by atoms with Crippen LogP contribution >= 0.6 is 0 Å². The van der Waals surface area contributed by atoms with Gasteiger partial charge in [0.2, 0.25) is 0 Å². The summed E-state index contributed by atoms with van der Waals surface area (Å²) in [7, 11) is 0. The van der Waals surface area contributed by atoms with E-state index < -0.39 is 0 Å². The zero-order valence-electron chi connectivity index (χ0n) is 8.71. The van der Waals surface area contributed by atoms with Gasteiger partial charge in [-0.2, -0.15) is 0 Å². The van der Waals surface area contributed by atoms with E-state index >= 15 is 0 Å². The number of aromatic hydroxyl groups is 1. The van der Waals surface area contributed by atoms with E-state index in [0.29, 0.717) is 11.9 Å². The molecule has 4 heteroatoms. The van der Waals surface area contributed by atoms with Crippen molar-refractivity contribution >= 4 is 10.9 Å². The molecule has 0 unspecified atom stereocenters. The van der Waals surface area contributed by atoms with E-state index in [0.717, 1.165) is 29.7 Å². The molecular weight excluding hydrogens is 204 g/mol. The van der Waals surface area contributed by atoms with Crippen LogP contribution in [0.4, 0.5) is 0 Å². The number of fused-ring (bicyclic) bond motifs is 2. The Labute approximate surface area is 91.9 Å². The zero-order chi connectivity index (χ0) is 11.1. The van der Waals surface area contributed by atoms with Gasteiger partial charge in [-0.15, -0.1) is 0 Å². The first-order chi connectivity index (χ1) is 7.75. The minimum absolute atomic E-state index is 0.0427. The van der Waals surface area contributed by atoms with Gasteiger partial charge in [-0.25, -0.2) is 0 Å². The largest absolute Gasteiger partial charge is 0.508 e. The third-order valence-electron chi connectivity index (χ3n) is 3.03. The summed E-state index contributed by atoms with van der Waals surface area (Å²) in [6.45, 7) is 1.54. The predicted octanol–water partition coefficient (Wildman–Crippen LogP) is 0.879. The van der Waals surface area contributed by atoms with E-state index in [-0.39, 0.29) is 11.2 Å². The second-order valence-electron chi connectivity index (χ2n) is 4.07. The molecule has 4 nitrogen and oxygen atoms in total. The molecule has 2 heterocycles. The summed E-state index contributed by atoms with van der Waals surface area (Å²) >= 11 is 0. The second-order valence-corrected chi connectivity index (χ2v) is 4.07. The average Bonchev–Trinajstić information content (AvgIpc) is 2.31. The van der Waals surface area contributed by atoms with E-state index in [1.54, 1.807) is 12.1 Å². The van der Waals surface area contributed by atoms with Crippen molar-refractivity contribution in [1.29, 1.82) is 0 Å². The molecule has 0 atom stereocenters. The lowest BCUT2D eigenvalue weighted by Gasteiger charge is -2.17. The van der Waals surface area contributed by atoms with E-state index in [1.807, 2.05) is 0 Å². The first-order valence-corrected chi connectivity index (χ1v) is 5.33. The average molecular weight is 216 g/mol. The Hall–Kier alpha value is -1.81. The highest BCUT2D eigenvalue weighted by Crippen LogP contribution is 2.18. The van der Waals surface area contributed by atoms with Crippen LogP contribution in [0, 0.1) is 0 Å². The van der Waals surface area contributed by atoms with Crippen molar-refractivity contribution in [3.8, 4) is 5.75 Å². The topological polar surface area (TPSA) is 65.1 Å². The Morgan fingerprint density at radius 3 is 3.06 bits per heavy atom. The van der Waals surface area contributed by atoms with Gasteiger partial charge in [0.1, 0.15) is 5.75 Å². The summed E-state index contributed by atoms with van der Waals surface area (Å²) in [5.74, 6) is 0.131. The number of phenols is 1. The molecule has 0 bridgehead atoms. The van der Waals surface area contributed by atoms with Crippen LogP contribution in [0.5, 0.6) is 5.75 Å². The molecule has 1 aromatic carbocycles. The minimum Gasteiger partial charge on any atom is -0.508 e. The monoisotopic (exact) mass is 216 g/mol. The number of aromatic nitrogens is 1. The summed E-state index contributed by atoms with van der Waals surface area (Å²) in [6.07, 6.45) is 0.746. The molecule has 3 rings (SSSR count). The van der Waals surface area contributed by atoms with Gasteiger partial charge in [-0.1, -0.05) is 0 Å². The van der Waals surface area contributed by atoms with Crippen LogP contribution in [0.3, 0.4) is 0 Å². The third kappa shape index (κ3) is 1.31. The van der Waals surface area contributed by atoms with Crippen molar-refractivity contribution in [2.45, 2.75) is 13.0 Å². The quantitative estimate of drug-likeness (QED) is 0.612. The molecule has 0 fully saturated rings. The summed E-state index contributed by atoms with van der Waals surface area (Å²) in [5, 5.41) is 13.2. The van der Waals surface area contributed by atoms with E-state index in [1.165, 1.54) is 6.07 Å². The van der Waals surface area contributed by atoms with Crippen molar-refractivity contribution in [1.82, 2.24) is 10.3 Å². The summed E-state index contributed by atoms with van der Waals surface area (Å²) in [5.41, 5.74) is 2.64. The molecule has 0 amide bonds. The Balaban J connectivity index is 2.40. The maximum atomic E-state index is 12.2. The van der Waals surface area contributed by atoms with Crippen molar-refractivity contribution in [2.75, 3.05) is 6.54 Å². The number of nitrogens with one attached hydrogen (secondary N) is 2. The van der Waals surface area contributed by atoms with Crippen LogP contribution in [0.2, 0.25) is 0 Å². The van der Waals surface area contributed by atoms with Crippen molar-refractivity contribution < 1.29 is 5.11 Å². The molecule has 1 aromatic heterocycles. The second kappa shape index (κ2) is 3.35. The molecule has 16 heavy (non-hydrogen) atoms. The predicted molar refractivity (Wildman–Crippen MR) is 61.6 cm³/mol. The van der Waals surface area contributed by atoms with Crippen molar-refractivity contribution in [2.24, 2.45) is 0 Å². The van der Waals surface area contributed by atoms with Gasteiger partial charge in [0.25, 0.3) is 0 Å². The number of pyridine rings is 1. The third-order valence-corrected chi connectivity index (χ3v) is 3.03. The first-order valence-electron chi connectivity index (χ1n) is 5.33. The number of hydrogen-bond acceptors (Lipinski definition) is 3. The van der Waals surface area contributed by atoms with Gasteiger partial charge >= 0.3 is 0 Å². The lowest BCUT2D eigenvalue weighted by atomic mass is 10.0. The molecule has 0 radical (unpaired) electrons. The van der Waals surface area contributed by atoms with Crippen LogP contribution in [-0.4, -0.2) is 16.6 Å². The number of rotatable bonds is 0. The lowest BCUT2D eigenvalue weighted by Crippen LogP contribution is -2.29. The van der Waals surface area contributed by atoms with E-state index in [4.69, 9.17) is 0 Å². The molecule has 82 valence electrons. The van der Waals surface area contributed by atoms with Gasteiger partial charge in [0.05, 0.1) is 0 Å². The maximum Gasteiger partial charge on any atom is 0.193 e.